The molecule has 2 unspecified atom stereocenters. The Hall–Kier alpha value is -1.61. The molecule has 1 aromatic carbocycles. The Balaban J connectivity index is 2.13. The SMILES string of the molecule is CCC(C)n1ccc(CC(O)c2cc(C)ccc2C)n1. The van der Waals surface area contributed by atoms with Gasteiger partial charge < -0.3 is 5.11 Å². The van der Waals surface area contributed by atoms with Gasteiger partial charge in [-0.2, -0.15) is 5.10 Å². The van der Waals surface area contributed by atoms with Crippen LogP contribution in [0.3, 0.4) is 0 Å². The Morgan fingerprint density at radius 3 is 2.70 bits per heavy atom. The van der Waals surface area contributed by atoms with E-state index >= 15 is 0 Å². The highest BCUT2D eigenvalue weighted by atomic mass is 16.3. The molecular formula is C17H24N2O. The molecular weight excluding hydrogens is 248 g/mol. The lowest BCUT2D eigenvalue weighted by Gasteiger charge is -2.14. The molecule has 108 valence electrons. The summed E-state index contributed by atoms with van der Waals surface area (Å²) in [6.07, 6.45) is 3.13. The van der Waals surface area contributed by atoms with E-state index in [0.717, 1.165) is 23.2 Å². The predicted molar refractivity (Wildman–Crippen MR) is 81.8 cm³/mol. The maximum Gasteiger partial charge on any atom is 0.0848 e. The molecule has 0 aliphatic heterocycles. The highest BCUT2D eigenvalue weighted by Crippen LogP contribution is 2.22. The molecule has 0 saturated carbocycles. The Morgan fingerprint density at radius 2 is 2.00 bits per heavy atom. The third-order valence-corrected chi connectivity index (χ3v) is 3.90. The normalized spacial score (nSPS) is 14.2. The van der Waals surface area contributed by atoms with E-state index in [1.54, 1.807) is 0 Å². The third kappa shape index (κ3) is 3.28. The number of rotatable bonds is 5. The van der Waals surface area contributed by atoms with Gasteiger partial charge in [0.15, 0.2) is 0 Å². The number of aliphatic hydroxyl groups is 1. The van der Waals surface area contributed by atoms with Crippen LogP contribution in [0.25, 0.3) is 0 Å². The number of hydrogen-bond acceptors (Lipinski definition) is 2. The van der Waals surface area contributed by atoms with Gasteiger partial charge in [-0.3, -0.25) is 4.68 Å². The third-order valence-electron chi connectivity index (χ3n) is 3.90. The quantitative estimate of drug-likeness (QED) is 0.900. The average Bonchev–Trinajstić information content (AvgIpc) is 2.89. The largest absolute Gasteiger partial charge is 0.388 e. The first-order valence-corrected chi connectivity index (χ1v) is 7.30. The van der Waals surface area contributed by atoms with E-state index in [-0.39, 0.29) is 0 Å². The summed E-state index contributed by atoms with van der Waals surface area (Å²) in [5.41, 5.74) is 4.25. The van der Waals surface area contributed by atoms with Crippen LogP contribution in [-0.2, 0) is 6.42 Å². The maximum absolute atomic E-state index is 10.4. The second-order valence-electron chi connectivity index (χ2n) is 5.62. The zero-order valence-electron chi connectivity index (χ0n) is 12.8. The van der Waals surface area contributed by atoms with Crippen LogP contribution in [0.4, 0.5) is 0 Å². The fourth-order valence-corrected chi connectivity index (χ4v) is 2.35. The Bertz CT molecular complexity index is 574. The van der Waals surface area contributed by atoms with Crippen LogP contribution in [0.15, 0.2) is 30.5 Å². The van der Waals surface area contributed by atoms with E-state index in [9.17, 15) is 5.11 Å². The molecule has 0 fully saturated rings. The molecule has 3 heteroatoms. The molecule has 0 aliphatic carbocycles. The van der Waals surface area contributed by atoms with Crippen molar-refractivity contribution in [1.29, 1.82) is 0 Å². The number of benzene rings is 1. The average molecular weight is 272 g/mol. The first kappa shape index (κ1) is 14.8. The van der Waals surface area contributed by atoms with Gasteiger partial charge in [-0.1, -0.05) is 30.7 Å². The van der Waals surface area contributed by atoms with Gasteiger partial charge in [0, 0.05) is 18.7 Å². The van der Waals surface area contributed by atoms with Crippen LogP contribution in [0, 0.1) is 13.8 Å². The van der Waals surface area contributed by atoms with Crippen LogP contribution in [0.2, 0.25) is 0 Å². The molecule has 1 aromatic heterocycles. The minimum atomic E-state index is -0.491. The molecule has 0 amide bonds. The molecule has 0 saturated heterocycles. The Labute approximate surface area is 121 Å². The summed E-state index contributed by atoms with van der Waals surface area (Å²) in [6.45, 7) is 8.39. The van der Waals surface area contributed by atoms with Crippen molar-refractivity contribution < 1.29 is 5.11 Å². The van der Waals surface area contributed by atoms with Crippen molar-refractivity contribution in [2.24, 2.45) is 0 Å². The van der Waals surface area contributed by atoms with E-state index < -0.39 is 6.10 Å². The van der Waals surface area contributed by atoms with Gasteiger partial charge in [-0.05, 0) is 44.4 Å². The zero-order valence-corrected chi connectivity index (χ0v) is 12.8. The number of aryl methyl sites for hydroxylation is 2. The van der Waals surface area contributed by atoms with E-state index in [2.05, 4.69) is 37.1 Å². The van der Waals surface area contributed by atoms with Gasteiger partial charge in [0.25, 0.3) is 0 Å². The molecule has 1 N–H and O–H groups in total. The number of aromatic nitrogens is 2. The molecule has 0 bridgehead atoms. The summed E-state index contributed by atoms with van der Waals surface area (Å²) in [7, 11) is 0. The highest BCUT2D eigenvalue weighted by molar-refractivity contribution is 5.32. The van der Waals surface area contributed by atoms with Gasteiger partial charge in [-0.15, -0.1) is 0 Å². The zero-order chi connectivity index (χ0) is 14.7. The first-order valence-electron chi connectivity index (χ1n) is 7.30. The van der Waals surface area contributed by atoms with Crippen LogP contribution >= 0.6 is 0 Å². The lowest BCUT2D eigenvalue weighted by atomic mass is 9.98. The Morgan fingerprint density at radius 1 is 1.25 bits per heavy atom. The fraction of sp³-hybridized carbons (Fsp3) is 0.471. The van der Waals surface area contributed by atoms with Crippen molar-refractivity contribution in [2.45, 2.75) is 52.7 Å². The summed E-state index contributed by atoms with van der Waals surface area (Å²) in [5.74, 6) is 0. The second-order valence-corrected chi connectivity index (χ2v) is 5.62. The summed E-state index contributed by atoms with van der Waals surface area (Å²) in [6, 6.07) is 8.60. The number of nitrogens with zero attached hydrogens (tertiary/aromatic N) is 2. The van der Waals surface area contributed by atoms with Crippen molar-refractivity contribution in [3.63, 3.8) is 0 Å². The second kappa shape index (κ2) is 6.23. The van der Waals surface area contributed by atoms with E-state index in [1.807, 2.05) is 30.8 Å². The predicted octanol–water partition coefficient (Wildman–Crippen LogP) is 3.75. The number of hydrogen-bond donors (Lipinski definition) is 1. The van der Waals surface area contributed by atoms with Crippen LogP contribution in [0.1, 0.15) is 54.8 Å². The van der Waals surface area contributed by atoms with Gasteiger partial charge >= 0.3 is 0 Å². The van der Waals surface area contributed by atoms with Crippen molar-refractivity contribution in [3.05, 3.63) is 52.8 Å². The molecule has 20 heavy (non-hydrogen) atoms. The smallest absolute Gasteiger partial charge is 0.0848 e. The molecule has 3 nitrogen and oxygen atoms in total. The van der Waals surface area contributed by atoms with Crippen molar-refractivity contribution in [1.82, 2.24) is 9.78 Å². The van der Waals surface area contributed by atoms with Crippen molar-refractivity contribution in [3.8, 4) is 0 Å². The van der Waals surface area contributed by atoms with Crippen LogP contribution in [-0.4, -0.2) is 14.9 Å². The van der Waals surface area contributed by atoms with Gasteiger partial charge in [0.1, 0.15) is 0 Å². The highest BCUT2D eigenvalue weighted by Gasteiger charge is 2.14. The van der Waals surface area contributed by atoms with Gasteiger partial charge in [-0.25, -0.2) is 0 Å². The molecule has 0 aliphatic rings. The summed E-state index contributed by atoms with van der Waals surface area (Å²) in [5, 5.41) is 15.0. The minimum Gasteiger partial charge on any atom is -0.388 e. The lowest BCUT2D eigenvalue weighted by Crippen LogP contribution is -2.08. The van der Waals surface area contributed by atoms with Crippen LogP contribution < -0.4 is 0 Å². The summed E-state index contributed by atoms with van der Waals surface area (Å²) >= 11 is 0. The van der Waals surface area contributed by atoms with Gasteiger partial charge in [0.05, 0.1) is 11.8 Å². The Kier molecular flexibility index (Phi) is 4.61. The molecule has 0 spiro atoms. The van der Waals surface area contributed by atoms with E-state index in [1.165, 1.54) is 5.56 Å². The molecule has 1 heterocycles. The lowest BCUT2D eigenvalue weighted by molar-refractivity contribution is 0.176. The fourth-order valence-electron chi connectivity index (χ4n) is 2.35. The molecule has 0 radical (unpaired) electrons. The number of aliphatic hydroxyl groups excluding tert-OH is 1. The van der Waals surface area contributed by atoms with E-state index in [0.29, 0.717) is 12.5 Å². The van der Waals surface area contributed by atoms with Crippen molar-refractivity contribution in [2.75, 3.05) is 0 Å². The standard InChI is InChI=1S/C17H24N2O/c1-5-14(4)19-9-8-15(18-19)11-17(20)16-10-12(2)6-7-13(16)3/h6-10,14,17,20H,5,11H2,1-4H3. The minimum absolute atomic E-state index is 0.404. The monoisotopic (exact) mass is 272 g/mol. The molecule has 2 atom stereocenters. The first-order chi connectivity index (χ1) is 9.51. The topological polar surface area (TPSA) is 38.0 Å². The molecule has 2 aromatic rings. The maximum atomic E-state index is 10.4. The summed E-state index contributed by atoms with van der Waals surface area (Å²) < 4.78 is 1.98. The molecule has 2 rings (SSSR count). The van der Waals surface area contributed by atoms with Gasteiger partial charge in [0.2, 0.25) is 0 Å². The van der Waals surface area contributed by atoms with E-state index in [4.69, 9.17) is 0 Å². The van der Waals surface area contributed by atoms with Crippen molar-refractivity contribution >= 4 is 0 Å². The van der Waals surface area contributed by atoms with Crippen LogP contribution in [0.5, 0.6) is 0 Å². The summed E-state index contributed by atoms with van der Waals surface area (Å²) in [4.78, 5) is 0.